The monoisotopic (exact) mass is 446 g/mol. The first-order valence-electron chi connectivity index (χ1n) is 6.18. The predicted octanol–water partition coefficient (Wildman–Crippen LogP) is 3.81. The van der Waals surface area contributed by atoms with Crippen molar-refractivity contribution in [3.05, 3.63) is 61.6 Å². The molecule has 0 amide bonds. The lowest BCUT2D eigenvalue weighted by molar-refractivity contribution is 0.412. The topological polar surface area (TPSA) is 47.3 Å². The lowest BCUT2D eigenvalue weighted by Gasteiger charge is -2.17. The van der Waals surface area contributed by atoms with Crippen LogP contribution in [-0.2, 0) is 6.42 Å². The molecule has 2 aromatic rings. The fraction of sp³-hybridized carbons (Fsp3) is 0.200. The van der Waals surface area contributed by atoms with Gasteiger partial charge in [0.25, 0.3) is 0 Å². The van der Waals surface area contributed by atoms with E-state index in [9.17, 15) is 0 Å². The second kappa shape index (κ2) is 7.40. The van der Waals surface area contributed by atoms with Gasteiger partial charge in [0.15, 0.2) is 0 Å². The zero-order valence-electron chi connectivity index (χ0n) is 11.1. The molecule has 0 aliphatic heterocycles. The van der Waals surface area contributed by atoms with E-state index in [-0.39, 0.29) is 6.04 Å². The molecule has 0 spiro atoms. The van der Waals surface area contributed by atoms with Gasteiger partial charge in [0.2, 0.25) is 0 Å². The van der Waals surface area contributed by atoms with E-state index < -0.39 is 0 Å². The largest absolute Gasteiger partial charge is 0.496 e. The van der Waals surface area contributed by atoms with Crippen molar-refractivity contribution < 1.29 is 4.74 Å². The van der Waals surface area contributed by atoms with Crippen LogP contribution in [0.15, 0.2) is 46.9 Å². The number of nitrogens with one attached hydrogen (secondary N) is 1. The average molecular weight is 447 g/mol. The first kappa shape index (κ1) is 15.8. The van der Waals surface area contributed by atoms with Crippen LogP contribution < -0.4 is 16.0 Å². The van der Waals surface area contributed by atoms with Crippen molar-refractivity contribution in [1.29, 1.82) is 0 Å². The van der Waals surface area contributed by atoms with E-state index in [0.717, 1.165) is 16.6 Å². The van der Waals surface area contributed by atoms with Crippen LogP contribution in [-0.4, -0.2) is 7.11 Å². The van der Waals surface area contributed by atoms with Crippen LogP contribution in [0, 0.1) is 3.57 Å². The van der Waals surface area contributed by atoms with E-state index in [4.69, 9.17) is 10.6 Å². The molecule has 0 heterocycles. The molecule has 0 aromatic heterocycles. The summed E-state index contributed by atoms with van der Waals surface area (Å²) in [4.78, 5) is 0. The Labute approximate surface area is 141 Å². The third kappa shape index (κ3) is 3.94. The minimum atomic E-state index is 0.0901. The number of rotatable bonds is 5. The van der Waals surface area contributed by atoms with Crippen LogP contribution in [0.1, 0.15) is 17.2 Å². The summed E-state index contributed by atoms with van der Waals surface area (Å²) >= 11 is 5.80. The van der Waals surface area contributed by atoms with E-state index in [2.05, 4.69) is 80.3 Å². The van der Waals surface area contributed by atoms with Crippen molar-refractivity contribution in [2.45, 2.75) is 12.5 Å². The molecule has 0 aliphatic rings. The van der Waals surface area contributed by atoms with Gasteiger partial charge in [-0.1, -0.05) is 18.2 Å². The predicted molar refractivity (Wildman–Crippen MR) is 93.6 cm³/mol. The average Bonchev–Trinajstić information content (AvgIpc) is 2.46. The van der Waals surface area contributed by atoms with Crippen molar-refractivity contribution in [1.82, 2.24) is 5.43 Å². The van der Waals surface area contributed by atoms with Gasteiger partial charge in [-0.05, 0) is 80.3 Å². The minimum absolute atomic E-state index is 0.0901. The second-order valence-electron chi connectivity index (χ2n) is 4.44. The maximum Gasteiger partial charge on any atom is 0.133 e. The number of hydrogen-bond donors (Lipinski definition) is 2. The summed E-state index contributed by atoms with van der Waals surface area (Å²) in [5.41, 5.74) is 5.26. The van der Waals surface area contributed by atoms with Crippen LogP contribution in [0.3, 0.4) is 0 Å². The third-order valence-corrected chi connectivity index (χ3v) is 4.47. The van der Waals surface area contributed by atoms with Crippen molar-refractivity contribution in [2.24, 2.45) is 5.84 Å². The molecule has 3 nitrogen and oxygen atoms in total. The van der Waals surface area contributed by atoms with E-state index in [0.29, 0.717) is 0 Å². The molecule has 0 bridgehead atoms. The van der Waals surface area contributed by atoms with Crippen LogP contribution in [0.2, 0.25) is 0 Å². The van der Waals surface area contributed by atoms with Gasteiger partial charge in [-0.15, -0.1) is 0 Å². The molecule has 0 fully saturated rings. The first-order chi connectivity index (χ1) is 9.63. The first-order valence-corrected chi connectivity index (χ1v) is 8.05. The van der Waals surface area contributed by atoms with Gasteiger partial charge in [0.05, 0.1) is 11.6 Å². The zero-order chi connectivity index (χ0) is 14.5. The molecule has 1 atom stereocenters. The molecule has 2 aromatic carbocycles. The van der Waals surface area contributed by atoms with E-state index in [1.54, 1.807) is 7.11 Å². The maximum atomic E-state index is 5.70. The summed E-state index contributed by atoms with van der Waals surface area (Å²) in [6.07, 6.45) is 0.819. The summed E-state index contributed by atoms with van der Waals surface area (Å²) in [6.45, 7) is 0. The van der Waals surface area contributed by atoms with Crippen LogP contribution in [0.4, 0.5) is 0 Å². The Hall–Kier alpha value is -0.630. The highest BCUT2D eigenvalue weighted by atomic mass is 127. The third-order valence-electron chi connectivity index (χ3n) is 3.13. The zero-order valence-corrected chi connectivity index (χ0v) is 14.8. The quantitative estimate of drug-likeness (QED) is 0.417. The van der Waals surface area contributed by atoms with Gasteiger partial charge < -0.3 is 4.74 Å². The Morgan fingerprint density at radius 2 is 1.95 bits per heavy atom. The molecular formula is C15H16BrIN2O. The Bertz CT molecular complexity index is 575. The molecule has 0 saturated heterocycles. The Morgan fingerprint density at radius 1 is 1.25 bits per heavy atom. The van der Waals surface area contributed by atoms with Crippen LogP contribution >= 0.6 is 38.5 Å². The molecule has 0 aliphatic carbocycles. The lowest BCUT2D eigenvalue weighted by atomic mass is 9.99. The number of halogens is 2. The second-order valence-corrected chi connectivity index (χ2v) is 6.54. The van der Waals surface area contributed by atoms with Crippen LogP contribution in [0.25, 0.3) is 0 Å². The van der Waals surface area contributed by atoms with Crippen molar-refractivity contribution in [3.63, 3.8) is 0 Å². The SMILES string of the molecule is COc1ccc(CC(NN)c2ccc(I)cc2)cc1Br. The van der Waals surface area contributed by atoms with Gasteiger partial charge in [-0.3, -0.25) is 11.3 Å². The summed E-state index contributed by atoms with van der Waals surface area (Å²) in [5.74, 6) is 6.53. The van der Waals surface area contributed by atoms with Crippen molar-refractivity contribution >= 4 is 38.5 Å². The van der Waals surface area contributed by atoms with E-state index in [1.165, 1.54) is 14.7 Å². The molecule has 1 unspecified atom stereocenters. The number of methoxy groups -OCH3 is 1. The fourth-order valence-electron chi connectivity index (χ4n) is 2.04. The van der Waals surface area contributed by atoms with Crippen molar-refractivity contribution in [3.8, 4) is 5.75 Å². The standard InChI is InChI=1S/C15H16BrIN2O/c1-20-15-7-2-10(8-13(15)16)9-14(19-18)11-3-5-12(17)6-4-11/h2-8,14,19H,9,18H2,1H3. The summed E-state index contributed by atoms with van der Waals surface area (Å²) in [5, 5.41) is 0. The summed E-state index contributed by atoms with van der Waals surface area (Å²) in [7, 11) is 1.66. The highest BCUT2D eigenvalue weighted by Crippen LogP contribution is 2.27. The molecule has 0 saturated carbocycles. The smallest absolute Gasteiger partial charge is 0.133 e. The maximum absolute atomic E-state index is 5.70. The molecule has 2 rings (SSSR count). The minimum Gasteiger partial charge on any atom is -0.496 e. The Morgan fingerprint density at radius 3 is 2.50 bits per heavy atom. The van der Waals surface area contributed by atoms with Crippen molar-refractivity contribution in [2.75, 3.05) is 7.11 Å². The fourth-order valence-corrected chi connectivity index (χ4v) is 2.99. The summed E-state index contributed by atoms with van der Waals surface area (Å²) < 4.78 is 7.41. The molecule has 20 heavy (non-hydrogen) atoms. The van der Waals surface area contributed by atoms with Gasteiger partial charge in [0.1, 0.15) is 5.75 Å². The molecular weight excluding hydrogens is 431 g/mol. The molecule has 0 radical (unpaired) electrons. The highest BCUT2D eigenvalue weighted by Gasteiger charge is 2.11. The lowest BCUT2D eigenvalue weighted by Crippen LogP contribution is -2.29. The molecule has 3 N–H and O–H groups in total. The van der Waals surface area contributed by atoms with E-state index in [1.807, 2.05) is 6.07 Å². The van der Waals surface area contributed by atoms with Gasteiger partial charge in [-0.2, -0.15) is 0 Å². The number of hydrazine groups is 1. The number of nitrogens with two attached hydrogens (primary N) is 1. The Balaban J connectivity index is 2.17. The Kier molecular flexibility index (Phi) is 5.83. The van der Waals surface area contributed by atoms with E-state index >= 15 is 0 Å². The summed E-state index contributed by atoms with van der Waals surface area (Å²) in [6, 6.07) is 14.5. The normalized spacial score (nSPS) is 12.2. The highest BCUT2D eigenvalue weighted by molar-refractivity contribution is 14.1. The molecule has 5 heteroatoms. The van der Waals surface area contributed by atoms with Gasteiger partial charge >= 0.3 is 0 Å². The van der Waals surface area contributed by atoms with Gasteiger partial charge in [0, 0.05) is 9.61 Å². The number of hydrogen-bond acceptors (Lipinski definition) is 3. The number of benzene rings is 2. The molecule has 106 valence electrons. The van der Waals surface area contributed by atoms with Gasteiger partial charge in [-0.25, -0.2) is 0 Å². The van der Waals surface area contributed by atoms with Crippen LogP contribution in [0.5, 0.6) is 5.75 Å². The number of ether oxygens (including phenoxy) is 1.